The van der Waals surface area contributed by atoms with E-state index in [1.165, 1.54) is 0 Å². The number of carbonyl (C=O) groups excluding carboxylic acids is 1. The molecule has 0 spiro atoms. The Morgan fingerprint density at radius 1 is 1.10 bits per heavy atom. The minimum absolute atomic E-state index is 0.406. The summed E-state index contributed by atoms with van der Waals surface area (Å²) in [6, 6.07) is 16.0. The summed E-state index contributed by atoms with van der Waals surface area (Å²) in [4.78, 5) is 12.0. The summed E-state index contributed by atoms with van der Waals surface area (Å²) in [6.45, 7) is 1.70. The van der Waals surface area contributed by atoms with Crippen LogP contribution >= 0.6 is 0 Å². The summed E-state index contributed by atoms with van der Waals surface area (Å²) < 4.78 is 5.40. The first kappa shape index (κ1) is 13.8. The zero-order valence-electron chi connectivity index (χ0n) is 11.1. The van der Waals surface area contributed by atoms with E-state index >= 15 is 0 Å². The molecule has 1 N–H and O–H groups in total. The molecule has 4 nitrogen and oxygen atoms in total. The number of hydrogen-bond acceptors (Lipinski definition) is 4. The van der Waals surface area contributed by atoms with Crippen molar-refractivity contribution in [1.82, 2.24) is 0 Å². The van der Waals surface area contributed by atoms with Gasteiger partial charge < -0.3 is 9.94 Å². The van der Waals surface area contributed by atoms with Crippen LogP contribution in [0.3, 0.4) is 0 Å². The number of para-hydroxylation sites is 1. The molecule has 2 rings (SSSR count). The summed E-state index contributed by atoms with van der Waals surface area (Å²) in [5.74, 6) is 0.0704. The van der Waals surface area contributed by atoms with E-state index in [9.17, 15) is 4.79 Å². The number of hydrogen-bond donors (Lipinski definition) is 1. The molecular weight excluding hydrogens is 254 g/mol. The van der Waals surface area contributed by atoms with Crippen LogP contribution in [0.5, 0.6) is 5.75 Å². The van der Waals surface area contributed by atoms with Gasteiger partial charge in [0.2, 0.25) is 0 Å². The molecule has 0 aliphatic carbocycles. The van der Waals surface area contributed by atoms with Crippen LogP contribution in [-0.4, -0.2) is 16.9 Å². The lowest BCUT2D eigenvalue weighted by Gasteiger charge is -2.09. The van der Waals surface area contributed by atoms with Gasteiger partial charge in [-0.15, -0.1) is 0 Å². The standard InChI is InChI=1S/C16H15NO3/c1-12(17-19)11-14-9-5-6-10-15(14)20-16(18)13-7-3-2-4-8-13/h2-10,19H,11H2,1H3. The van der Waals surface area contributed by atoms with Crippen molar-refractivity contribution in [3.8, 4) is 5.75 Å². The van der Waals surface area contributed by atoms with Gasteiger partial charge in [-0.25, -0.2) is 4.79 Å². The topological polar surface area (TPSA) is 58.9 Å². The molecule has 2 aromatic rings. The molecule has 0 fully saturated rings. The van der Waals surface area contributed by atoms with Gasteiger partial charge in [0, 0.05) is 12.0 Å². The van der Waals surface area contributed by atoms with E-state index < -0.39 is 5.97 Å². The molecule has 0 bridgehead atoms. The lowest BCUT2D eigenvalue weighted by molar-refractivity contribution is 0.0733. The van der Waals surface area contributed by atoms with Gasteiger partial charge >= 0.3 is 5.97 Å². The Balaban J connectivity index is 2.19. The molecule has 2 aromatic carbocycles. The molecule has 0 unspecified atom stereocenters. The van der Waals surface area contributed by atoms with Crippen molar-refractivity contribution in [2.45, 2.75) is 13.3 Å². The maximum absolute atomic E-state index is 12.0. The van der Waals surface area contributed by atoms with Gasteiger partial charge in [0.15, 0.2) is 0 Å². The summed E-state index contributed by atoms with van der Waals surface area (Å²) in [5, 5.41) is 11.9. The molecule has 0 aromatic heterocycles. The Morgan fingerprint density at radius 2 is 1.75 bits per heavy atom. The molecule has 0 aliphatic heterocycles. The van der Waals surface area contributed by atoms with Crippen molar-refractivity contribution in [2.75, 3.05) is 0 Å². The smallest absolute Gasteiger partial charge is 0.343 e. The molecule has 4 heteroatoms. The fourth-order valence-electron chi connectivity index (χ4n) is 1.79. The van der Waals surface area contributed by atoms with Gasteiger partial charge in [-0.2, -0.15) is 0 Å². The molecule has 0 heterocycles. The van der Waals surface area contributed by atoms with Crippen LogP contribution in [0, 0.1) is 0 Å². The second-order valence-electron chi connectivity index (χ2n) is 4.38. The van der Waals surface area contributed by atoms with Gasteiger partial charge in [-0.05, 0) is 25.1 Å². The Hall–Kier alpha value is -2.62. The third kappa shape index (κ3) is 3.45. The molecule has 0 aliphatic rings. The number of ether oxygens (including phenoxy) is 1. The van der Waals surface area contributed by atoms with Crippen molar-refractivity contribution in [1.29, 1.82) is 0 Å². The molecule has 0 atom stereocenters. The summed E-state index contributed by atoms with van der Waals surface area (Å²) in [5.41, 5.74) is 1.84. The lowest BCUT2D eigenvalue weighted by Crippen LogP contribution is -2.10. The second kappa shape index (κ2) is 6.52. The van der Waals surface area contributed by atoms with E-state index in [1.807, 2.05) is 18.2 Å². The van der Waals surface area contributed by atoms with E-state index in [2.05, 4.69) is 5.16 Å². The zero-order chi connectivity index (χ0) is 14.4. The maximum atomic E-state index is 12.0. The number of rotatable bonds is 4. The van der Waals surface area contributed by atoms with Gasteiger partial charge in [-0.3, -0.25) is 0 Å². The Kier molecular flexibility index (Phi) is 4.50. The summed E-state index contributed by atoms with van der Waals surface area (Å²) >= 11 is 0. The van der Waals surface area contributed by atoms with Gasteiger partial charge in [0.05, 0.1) is 11.3 Å². The molecule has 0 amide bonds. The van der Waals surface area contributed by atoms with Crippen molar-refractivity contribution in [3.05, 3.63) is 65.7 Å². The van der Waals surface area contributed by atoms with Crippen LogP contribution in [0.1, 0.15) is 22.8 Å². The average Bonchev–Trinajstić information content (AvgIpc) is 2.50. The first-order valence-corrected chi connectivity index (χ1v) is 6.23. The van der Waals surface area contributed by atoms with E-state index in [0.29, 0.717) is 23.4 Å². The van der Waals surface area contributed by atoms with Crippen LogP contribution in [-0.2, 0) is 6.42 Å². The van der Waals surface area contributed by atoms with Gasteiger partial charge in [0.1, 0.15) is 5.75 Å². The quantitative estimate of drug-likeness (QED) is 0.304. The third-order valence-electron chi connectivity index (χ3n) is 2.80. The van der Waals surface area contributed by atoms with Crippen molar-refractivity contribution < 1.29 is 14.7 Å². The number of benzene rings is 2. The molecular formula is C16H15NO3. The lowest BCUT2D eigenvalue weighted by atomic mass is 10.1. The van der Waals surface area contributed by atoms with Crippen LogP contribution in [0.15, 0.2) is 59.8 Å². The minimum Gasteiger partial charge on any atom is -0.423 e. The highest BCUT2D eigenvalue weighted by molar-refractivity contribution is 5.91. The van der Waals surface area contributed by atoms with Crippen LogP contribution in [0.2, 0.25) is 0 Å². The number of nitrogens with zero attached hydrogens (tertiary/aromatic N) is 1. The fourth-order valence-corrected chi connectivity index (χ4v) is 1.79. The fraction of sp³-hybridized carbons (Fsp3) is 0.125. The predicted molar refractivity (Wildman–Crippen MR) is 76.4 cm³/mol. The predicted octanol–water partition coefficient (Wildman–Crippen LogP) is 3.30. The van der Waals surface area contributed by atoms with E-state index in [4.69, 9.17) is 9.94 Å². The Labute approximate surface area is 117 Å². The third-order valence-corrected chi connectivity index (χ3v) is 2.80. The highest BCUT2D eigenvalue weighted by Crippen LogP contribution is 2.20. The summed E-state index contributed by atoms with van der Waals surface area (Å²) in [7, 11) is 0. The number of carbonyl (C=O) groups is 1. The Bertz CT molecular complexity index is 621. The highest BCUT2D eigenvalue weighted by atomic mass is 16.5. The van der Waals surface area contributed by atoms with Crippen molar-refractivity contribution in [3.63, 3.8) is 0 Å². The van der Waals surface area contributed by atoms with Crippen LogP contribution in [0.4, 0.5) is 0 Å². The van der Waals surface area contributed by atoms with Crippen LogP contribution in [0.25, 0.3) is 0 Å². The number of oxime groups is 1. The number of esters is 1. The van der Waals surface area contributed by atoms with E-state index in [-0.39, 0.29) is 0 Å². The molecule has 0 radical (unpaired) electrons. The monoisotopic (exact) mass is 269 g/mol. The molecule has 0 saturated carbocycles. The van der Waals surface area contributed by atoms with E-state index in [0.717, 1.165) is 5.56 Å². The van der Waals surface area contributed by atoms with Crippen LogP contribution < -0.4 is 4.74 Å². The van der Waals surface area contributed by atoms with Gasteiger partial charge in [0.25, 0.3) is 0 Å². The first-order chi connectivity index (χ1) is 9.70. The zero-order valence-corrected chi connectivity index (χ0v) is 11.1. The summed E-state index contributed by atoms with van der Waals surface area (Å²) in [6.07, 6.45) is 0.425. The van der Waals surface area contributed by atoms with Gasteiger partial charge in [-0.1, -0.05) is 41.6 Å². The first-order valence-electron chi connectivity index (χ1n) is 6.23. The average molecular weight is 269 g/mol. The molecule has 20 heavy (non-hydrogen) atoms. The maximum Gasteiger partial charge on any atom is 0.343 e. The van der Waals surface area contributed by atoms with Crippen molar-refractivity contribution >= 4 is 11.7 Å². The largest absolute Gasteiger partial charge is 0.423 e. The van der Waals surface area contributed by atoms with Crippen molar-refractivity contribution in [2.24, 2.45) is 5.16 Å². The molecule has 0 saturated heterocycles. The SMILES string of the molecule is CC(Cc1ccccc1OC(=O)c1ccccc1)=NO. The second-order valence-corrected chi connectivity index (χ2v) is 4.38. The highest BCUT2D eigenvalue weighted by Gasteiger charge is 2.11. The normalized spacial score (nSPS) is 11.2. The molecule has 102 valence electrons. The Morgan fingerprint density at radius 3 is 2.45 bits per heavy atom. The van der Waals surface area contributed by atoms with E-state index in [1.54, 1.807) is 43.3 Å². The minimum atomic E-state index is -0.406.